The first-order chi connectivity index (χ1) is 8.20. The summed E-state index contributed by atoms with van der Waals surface area (Å²) in [6.07, 6.45) is 0. The second-order valence-corrected chi connectivity index (χ2v) is 3.82. The molecule has 0 radical (unpaired) electrons. The normalized spacial score (nSPS) is 10.8. The van der Waals surface area contributed by atoms with Crippen LogP contribution in [0.2, 0.25) is 5.02 Å². The average molecular weight is 256 g/mol. The van der Waals surface area contributed by atoms with Crippen molar-refractivity contribution in [2.24, 2.45) is 0 Å². The summed E-state index contributed by atoms with van der Waals surface area (Å²) in [6.45, 7) is 3.30. The van der Waals surface area contributed by atoms with Crippen LogP contribution in [0.3, 0.4) is 0 Å². The number of nitrogens with one attached hydrogen (secondary N) is 1. The fourth-order valence-electron chi connectivity index (χ4n) is 1.34. The van der Waals surface area contributed by atoms with Crippen LogP contribution in [0.5, 0.6) is 0 Å². The predicted molar refractivity (Wildman–Crippen MR) is 62.1 cm³/mol. The molecule has 1 heterocycles. The Kier molecular flexibility index (Phi) is 3.71. The van der Waals surface area contributed by atoms with E-state index in [0.29, 0.717) is 23.8 Å². The minimum Gasteiger partial charge on any atom is -0.338 e. The quantitative estimate of drug-likeness (QED) is 0.913. The van der Waals surface area contributed by atoms with Gasteiger partial charge in [-0.3, -0.25) is 0 Å². The van der Waals surface area contributed by atoms with E-state index in [-0.39, 0.29) is 5.02 Å². The molecular weight excluding hydrogens is 245 g/mol. The molecule has 0 atom stereocenters. The Morgan fingerprint density at radius 3 is 3.00 bits per heavy atom. The molecule has 1 N–H and O–H groups in total. The van der Waals surface area contributed by atoms with Gasteiger partial charge in [-0.1, -0.05) is 23.7 Å². The molecule has 2 rings (SSSR count). The van der Waals surface area contributed by atoms with Gasteiger partial charge in [-0.05, 0) is 24.7 Å². The molecule has 0 saturated heterocycles. The molecule has 0 saturated carbocycles. The maximum atomic E-state index is 12.9. The van der Waals surface area contributed by atoms with Gasteiger partial charge in [-0.15, -0.1) is 0 Å². The number of halogens is 2. The number of rotatable bonds is 4. The van der Waals surface area contributed by atoms with E-state index >= 15 is 0 Å². The standard InChI is InChI=1S/C11H11ClFN3O/c1-2-14-6-10-15-11(16-17-10)8-4-3-7(13)5-9(8)12/h3-5,14H,2,6H2,1H3. The smallest absolute Gasteiger partial charge is 0.240 e. The number of nitrogens with zero attached hydrogens (tertiary/aromatic N) is 2. The Morgan fingerprint density at radius 2 is 2.29 bits per heavy atom. The number of benzene rings is 1. The molecule has 0 unspecified atom stereocenters. The summed E-state index contributed by atoms with van der Waals surface area (Å²) in [5.41, 5.74) is 0.555. The Morgan fingerprint density at radius 1 is 1.47 bits per heavy atom. The molecular formula is C11H11ClFN3O. The van der Waals surface area contributed by atoms with Crippen LogP contribution < -0.4 is 5.32 Å². The van der Waals surface area contributed by atoms with Gasteiger partial charge in [0.15, 0.2) is 0 Å². The minimum atomic E-state index is -0.393. The first-order valence-corrected chi connectivity index (χ1v) is 5.57. The number of aromatic nitrogens is 2. The van der Waals surface area contributed by atoms with Gasteiger partial charge in [0.25, 0.3) is 0 Å². The van der Waals surface area contributed by atoms with Crippen molar-refractivity contribution >= 4 is 11.6 Å². The third-order valence-electron chi connectivity index (χ3n) is 2.17. The highest BCUT2D eigenvalue weighted by Crippen LogP contribution is 2.26. The molecule has 1 aromatic carbocycles. The Hall–Kier alpha value is -1.46. The minimum absolute atomic E-state index is 0.265. The summed E-state index contributed by atoms with van der Waals surface area (Å²) in [6, 6.07) is 4.05. The van der Waals surface area contributed by atoms with Crippen LogP contribution >= 0.6 is 11.6 Å². The Bertz CT molecular complexity index is 515. The fourth-order valence-corrected chi connectivity index (χ4v) is 1.59. The van der Waals surface area contributed by atoms with Crippen molar-refractivity contribution in [1.82, 2.24) is 15.5 Å². The third kappa shape index (κ3) is 2.81. The maximum absolute atomic E-state index is 12.9. The summed E-state index contributed by atoms with van der Waals surface area (Å²) in [5.74, 6) is 0.445. The number of hydrogen-bond donors (Lipinski definition) is 1. The van der Waals surface area contributed by atoms with E-state index in [0.717, 1.165) is 6.54 Å². The first-order valence-electron chi connectivity index (χ1n) is 5.19. The van der Waals surface area contributed by atoms with Crippen molar-refractivity contribution in [3.8, 4) is 11.4 Å². The summed E-state index contributed by atoms with van der Waals surface area (Å²) >= 11 is 5.90. The highest BCUT2D eigenvalue weighted by molar-refractivity contribution is 6.33. The third-order valence-corrected chi connectivity index (χ3v) is 2.48. The van der Waals surface area contributed by atoms with Gasteiger partial charge in [0.05, 0.1) is 11.6 Å². The Balaban J connectivity index is 2.24. The van der Waals surface area contributed by atoms with Gasteiger partial charge in [-0.25, -0.2) is 4.39 Å². The molecule has 17 heavy (non-hydrogen) atoms. The molecule has 0 fully saturated rings. The maximum Gasteiger partial charge on any atom is 0.240 e. The fraction of sp³-hybridized carbons (Fsp3) is 0.273. The van der Waals surface area contributed by atoms with Gasteiger partial charge in [0.2, 0.25) is 11.7 Å². The second-order valence-electron chi connectivity index (χ2n) is 3.42. The highest BCUT2D eigenvalue weighted by atomic mass is 35.5. The van der Waals surface area contributed by atoms with Crippen LogP contribution in [0.1, 0.15) is 12.8 Å². The van der Waals surface area contributed by atoms with Crippen molar-refractivity contribution < 1.29 is 8.91 Å². The summed E-state index contributed by atoms with van der Waals surface area (Å²) in [7, 11) is 0. The van der Waals surface area contributed by atoms with E-state index in [1.54, 1.807) is 0 Å². The summed E-state index contributed by atoms with van der Waals surface area (Å²) in [5, 5.41) is 7.13. The van der Waals surface area contributed by atoms with E-state index in [1.165, 1.54) is 18.2 Å². The van der Waals surface area contributed by atoms with Gasteiger partial charge < -0.3 is 9.84 Å². The van der Waals surface area contributed by atoms with Crippen LogP contribution in [-0.4, -0.2) is 16.7 Å². The molecule has 6 heteroatoms. The molecule has 1 aromatic heterocycles. The SMILES string of the molecule is CCNCc1nc(-c2ccc(F)cc2Cl)no1. The largest absolute Gasteiger partial charge is 0.338 e. The van der Waals surface area contributed by atoms with E-state index in [2.05, 4.69) is 15.5 Å². The summed E-state index contributed by atoms with van der Waals surface area (Å²) < 4.78 is 17.9. The second kappa shape index (κ2) is 5.25. The van der Waals surface area contributed by atoms with Crippen molar-refractivity contribution in [2.75, 3.05) is 6.54 Å². The molecule has 4 nitrogen and oxygen atoms in total. The van der Waals surface area contributed by atoms with Crippen LogP contribution in [0.4, 0.5) is 4.39 Å². The zero-order chi connectivity index (χ0) is 12.3. The zero-order valence-electron chi connectivity index (χ0n) is 9.20. The van der Waals surface area contributed by atoms with Crippen LogP contribution in [0.25, 0.3) is 11.4 Å². The lowest BCUT2D eigenvalue weighted by Crippen LogP contribution is -2.11. The summed E-state index contributed by atoms with van der Waals surface area (Å²) in [4.78, 5) is 4.16. The van der Waals surface area contributed by atoms with Crippen LogP contribution in [0.15, 0.2) is 22.7 Å². The highest BCUT2D eigenvalue weighted by Gasteiger charge is 2.11. The molecule has 0 aliphatic rings. The molecule has 0 aliphatic heterocycles. The lowest BCUT2D eigenvalue weighted by Gasteiger charge is -1.97. The van der Waals surface area contributed by atoms with Gasteiger partial charge in [0, 0.05) is 5.56 Å². The monoisotopic (exact) mass is 255 g/mol. The van der Waals surface area contributed by atoms with Crippen molar-refractivity contribution in [2.45, 2.75) is 13.5 Å². The first kappa shape index (κ1) is 12.0. The van der Waals surface area contributed by atoms with E-state index in [9.17, 15) is 4.39 Å². The average Bonchev–Trinajstić information content (AvgIpc) is 2.75. The molecule has 0 aliphatic carbocycles. The Labute approximate surface area is 103 Å². The van der Waals surface area contributed by atoms with Crippen molar-refractivity contribution in [3.63, 3.8) is 0 Å². The molecule has 90 valence electrons. The molecule has 0 bridgehead atoms. The van der Waals surface area contributed by atoms with E-state index in [1.807, 2.05) is 6.92 Å². The lowest BCUT2D eigenvalue weighted by atomic mass is 10.2. The van der Waals surface area contributed by atoms with Gasteiger partial charge in [0.1, 0.15) is 5.82 Å². The van der Waals surface area contributed by atoms with Crippen LogP contribution in [0, 0.1) is 5.82 Å². The van der Waals surface area contributed by atoms with E-state index in [4.69, 9.17) is 16.1 Å². The molecule has 2 aromatic rings. The molecule has 0 spiro atoms. The topological polar surface area (TPSA) is 51.0 Å². The lowest BCUT2D eigenvalue weighted by molar-refractivity contribution is 0.369. The number of hydrogen-bond acceptors (Lipinski definition) is 4. The van der Waals surface area contributed by atoms with Crippen molar-refractivity contribution in [1.29, 1.82) is 0 Å². The van der Waals surface area contributed by atoms with Gasteiger partial charge in [-0.2, -0.15) is 4.98 Å². The van der Waals surface area contributed by atoms with E-state index < -0.39 is 5.82 Å². The van der Waals surface area contributed by atoms with Crippen molar-refractivity contribution in [3.05, 3.63) is 34.9 Å². The van der Waals surface area contributed by atoms with Gasteiger partial charge >= 0.3 is 0 Å². The molecule has 0 amide bonds. The predicted octanol–water partition coefficient (Wildman–Crippen LogP) is 2.64. The van der Waals surface area contributed by atoms with Crippen LogP contribution in [-0.2, 0) is 6.54 Å². The zero-order valence-corrected chi connectivity index (χ0v) is 9.96.